The summed E-state index contributed by atoms with van der Waals surface area (Å²) in [5, 5.41) is 1.05. The summed E-state index contributed by atoms with van der Waals surface area (Å²) in [6.07, 6.45) is 1.58. The number of carbonyl (C=O) groups is 1. The van der Waals surface area contributed by atoms with Crippen LogP contribution in [-0.2, 0) is 17.0 Å². The van der Waals surface area contributed by atoms with Crippen LogP contribution in [0, 0.1) is 13.8 Å². The Labute approximate surface area is 187 Å². The van der Waals surface area contributed by atoms with E-state index in [0.717, 1.165) is 0 Å². The van der Waals surface area contributed by atoms with E-state index in [9.17, 15) is 9.59 Å². The lowest BCUT2D eigenvalue weighted by molar-refractivity contribution is 0.0531. The van der Waals surface area contributed by atoms with Crippen molar-refractivity contribution in [3.05, 3.63) is 80.3 Å². The standard InChI is InChI=1S/C23H22N2O4S2/c1-4-28-22(27)19-15(3)18-20(31-19)24-23(30-13-16-9-6-5-8-14(16)2)25(21(18)26)12-17-10-7-11-29-17/h5-11H,4,12-13H2,1-3H3. The maximum absolute atomic E-state index is 13.5. The molecule has 160 valence electrons. The van der Waals surface area contributed by atoms with Gasteiger partial charge in [-0.2, -0.15) is 0 Å². The Hall–Kier alpha value is -2.84. The van der Waals surface area contributed by atoms with Crippen LogP contribution in [0.2, 0.25) is 0 Å². The molecular weight excluding hydrogens is 432 g/mol. The molecule has 1 aromatic carbocycles. The van der Waals surface area contributed by atoms with Gasteiger partial charge in [-0.1, -0.05) is 36.0 Å². The smallest absolute Gasteiger partial charge is 0.348 e. The Morgan fingerprint density at radius 2 is 2.03 bits per heavy atom. The second kappa shape index (κ2) is 9.11. The van der Waals surface area contributed by atoms with Crippen molar-refractivity contribution in [3.63, 3.8) is 0 Å². The van der Waals surface area contributed by atoms with Crippen LogP contribution in [0.5, 0.6) is 0 Å². The number of carbonyl (C=O) groups excluding carboxylic acids is 1. The van der Waals surface area contributed by atoms with Crippen LogP contribution >= 0.6 is 23.1 Å². The summed E-state index contributed by atoms with van der Waals surface area (Å²) in [4.78, 5) is 31.6. The van der Waals surface area contributed by atoms with Crippen molar-refractivity contribution in [1.29, 1.82) is 0 Å². The Balaban J connectivity index is 1.81. The molecule has 8 heteroatoms. The van der Waals surface area contributed by atoms with Crippen LogP contribution in [-0.4, -0.2) is 22.1 Å². The zero-order valence-corrected chi connectivity index (χ0v) is 19.1. The maximum atomic E-state index is 13.5. The number of fused-ring (bicyclic) bond motifs is 1. The van der Waals surface area contributed by atoms with E-state index >= 15 is 0 Å². The van der Waals surface area contributed by atoms with Crippen LogP contribution in [0.1, 0.15) is 39.0 Å². The molecule has 0 aliphatic rings. The molecule has 0 aliphatic carbocycles. The van der Waals surface area contributed by atoms with E-state index in [1.165, 1.54) is 34.2 Å². The lowest BCUT2D eigenvalue weighted by atomic mass is 10.1. The van der Waals surface area contributed by atoms with Gasteiger partial charge in [0.2, 0.25) is 0 Å². The van der Waals surface area contributed by atoms with Crippen molar-refractivity contribution in [3.8, 4) is 0 Å². The van der Waals surface area contributed by atoms with E-state index in [0.29, 0.717) is 37.3 Å². The van der Waals surface area contributed by atoms with E-state index in [2.05, 4.69) is 19.1 Å². The number of nitrogens with zero attached hydrogens (tertiary/aromatic N) is 2. The second-order valence-electron chi connectivity index (χ2n) is 7.04. The lowest BCUT2D eigenvalue weighted by Crippen LogP contribution is -2.23. The van der Waals surface area contributed by atoms with Gasteiger partial charge in [0, 0.05) is 5.75 Å². The number of thioether (sulfide) groups is 1. The van der Waals surface area contributed by atoms with Crippen LogP contribution in [0.3, 0.4) is 0 Å². The zero-order chi connectivity index (χ0) is 22.0. The van der Waals surface area contributed by atoms with Gasteiger partial charge in [-0.3, -0.25) is 9.36 Å². The molecule has 0 amide bonds. The number of benzene rings is 1. The molecule has 0 spiro atoms. The first-order chi connectivity index (χ1) is 15.0. The van der Waals surface area contributed by atoms with Gasteiger partial charge in [-0.15, -0.1) is 11.3 Å². The molecule has 4 aromatic rings. The summed E-state index contributed by atoms with van der Waals surface area (Å²) >= 11 is 2.71. The molecule has 0 atom stereocenters. The molecule has 0 bridgehead atoms. The SMILES string of the molecule is CCOC(=O)c1sc2nc(SCc3ccccc3C)n(Cc3ccco3)c(=O)c2c1C. The number of furan rings is 1. The number of aryl methyl sites for hydroxylation is 2. The van der Waals surface area contributed by atoms with Gasteiger partial charge in [0.15, 0.2) is 5.16 Å². The van der Waals surface area contributed by atoms with Crippen molar-refractivity contribution in [1.82, 2.24) is 9.55 Å². The molecular formula is C23H22N2O4S2. The zero-order valence-electron chi connectivity index (χ0n) is 17.5. The number of ether oxygens (including phenoxy) is 1. The van der Waals surface area contributed by atoms with Gasteiger partial charge in [0.25, 0.3) is 5.56 Å². The first-order valence-electron chi connectivity index (χ1n) is 9.90. The van der Waals surface area contributed by atoms with E-state index in [1.54, 1.807) is 30.7 Å². The summed E-state index contributed by atoms with van der Waals surface area (Å²) in [6.45, 7) is 6.15. The largest absolute Gasteiger partial charge is 0.467 e. The third kappa shape index (κ3) is 4.31. The summed E-state index contributed by atoms with van der Waals surface area (Å²) < 4.78 is 12.3. The Morgan fingerprint density at radius 3 is 2.74 bits per heavy atom. The van der Waals surface area contributed by atoms with Crippen LogP contribution in [0.4, 0.5) is 0 Å². The van der Waals surface area contributed by atoms with E-state index in [4.69, 9.17) is 14.1 Å². The molecule has 6 nitrogen and oxygen atoms in total. The van der Waals surface area contributed by atoms with Gasteiger partial charge in [0.05, 0.1) is 24.8 Å². The van der Waals surface area contributed by atoms with Crippen molar-refractivity contribution in [2.75, 3.05) is 6.61 Å². The molecule has 0 unspecified atom stereocenters. The summed E-state index contributed by atoms with van der Waals surface area (Å²) in [7, 11) is 0. The normalized spacial score (nSPS) is 11.2. The highest BCUT2D eigenvalue weighted by atomic mass is 32.2. The Kier molecular flexibility index (Phi) is 6.29. The molecule has 0 fully saturated rings. The van der Waals surface area contributed by atoms with Gasteiger partial charge in [-0.05, 0) is 49.6 Å². The van der Waals surface area contributed by atoms with Gasteiger partial charge >= 0.3 is 5.97 Å². The highest BCUT2D eigenvalue weighted by Crippen LogP contribution is 2.31. The fourth-order valence-corrected chi connectivity index (χ4v) is 5.50. The topological polar surface area (TPSA) is 74.3 Å². The minimum Gasteiger partial charge on any atom is -0.467 e. The molecule has 31 heavy (non-hydrogen) atoms. The highest BCUT2D eigenvalue weighted by molar-refractivity contribution is 7.98. The minimum absolute atomic E-state index is 0.182. The number of aromatic nitrogens is 2. The minimum atomic E-state index is -0.422. The summed E-state index contributed by atoms with van der Waals surface area (Å²) in [5.74, 6) is 0.923. The molecule has 3 heterocycles. The van der Waals surface area contributed by atoms with Crippen molar-refractivity contribution >= 4 is 39.3 Å². The van der Waals surface area contributed by atoms with Crippen LogP contribution in [0.15, 0.2) is 57.0 Å². The fraction of sp³-hybridized carbons (Fsp3) is 0.261. The molecule has 4 rings (SSSR count). The van der Waals surface area contributed by atoms with Gasteiger partial charge in [0.1, 0.15) is 15.5 Å². The first kappa shape index (κ1) is 21.4. The lowest BCUT2D eigenvalue weighted by Gasteiger charge is -2.12. The Bertz CT molecular complexity index is 1290. The van der Waals surface area contributed by atoms with E-state index < -0.39 is 5.97 Å². The van der Waals surface area contributed by atoms with E-state index in [1.807, 2.05) is 18.2 Å². The third-order valence-electron chi connectivity index (χ3n) is 4.99. The fourth-order valence-electron chi connectivity index (χ4n) is 3.31. The highest BCUT2D eigenvalue weighted by Gasteiger charge is 2.23. The predicted octanol–water partition coefficient (Wildman–Crippen LogP) is 5.19. The van der Waals surface area contributed by atoms with Crippen LogP contribution in [0.25, 0.3) is 10.2 Å². The number of rotatable bonds is 7. The monoisotopic (exact) mass is 454 g/mol. The summed E-state index contributed by atoms with van der Waals surface area (Å²) in [5.41, 5.74) is 2.80. The number of hydrogen-bond donors (Lipinski definition) is 0. The first-order valence-corrected chi connectivity index (χ1v) is 11.7. The van der Waals surface area contributed by atoms with Crippen LogP contribution < -0.4 is 5.56 Å². The number of esters is 1. The molecule has 3 aromatic heterocycles. The molecule has 0 aliphatic heterocycles. The van der Waals surface area contributed by atoms with Gasteiger partial charge < -0.3 is 9.15 Å². The Morgan fingerprint density at radius 1 is 1.23 bits per heavy atom. The van der Waals surface area contributed by atoms with E-state index in [-0.39, 0.29) is 18.7 Å². The molecule has 0 radical (unpaired) electrons. The van der Waals surface area contributed by atoms with Crippen molar-refractivity contribution in [2.24, 2.45) is 0 Å². The second-order valence-corrected chi connectivity index (χ2v) is 8.98. The average molecular weight is 455 g/mol. The quantitative estimate of drug-likeness (QED) is 0.217. The van der Waals surface area contributed by atoms with Crippen molar-refractivity contribution < 1.29 is 13.9 Å². The predicted molar refractivity (Wildman–Crippen MR) is 123 cm³/mol. The number of thiophene rings is 1. The average Bonchev–Trinajstić information content (AvgIpc) is 3.38. The summed E-state index contributed by atoms with van der Waals surface area (Å²) in [6, 6.07) is 11.8. The third-order valence-corrected chi connectivity index (χ3v) is 7.18. The maximum Gasteiger partial charge on any atom is 0.348 e. The van der Waals surface area contributed by atoms with Gasteiger partial charge in [-0.25, -0.2) is 9.78 Å². The molecule has 0 saturated heterocycles. The number of hydrogen-bond acceptors (Lipinski definition) is 7. The molecule has 0 N–H and O–H groups in total. The van der Waals surface area contributed by atoms with Crippen molar-refractivity contribution in [2.45, 2.75) is 38.2 Å². The molecule has 0 saturated carbocycles.